The molecule has 0 saturated carbocycles. The van der Waals surface area contributed by atoms with Gasteiger partial charge in [-0.25, -0.2) is 9.97 Å². The summed E-state index contributed by atoms with van der Waals surface area (Å²) >= 11 is 3.23. The molecular formula is C7H9BrN2O. The van der Waals surface area contributed by atoms with Crippen molar-refractivity contribution < 1.29 is 4.74 Å². The molecule has 1 heterocycles. The first kappa shape index (κ1) is 8.46. The maximum atomic E-state index is 5.23. The molecule has 0 amide bonds. The number of ether oxygens (including phenoxy) is 1. The van der Waals surface area contributed by atoms with Crippen molar-refractivity contribution in [2.75, 3.05) is 0 Å². The van der Waals surface area contributed by atoms with Crippen LogP contribution in [0.5, 0.6) is 6.01 Å². The molecule has 1 aromatic rings. The van der Waals surface area contributed by atoms with E-state index in [2.05, 4.69) is 25.9 Å². The summed E-state index contributed by atoms with van der Waals surface area (Å²) in [6.07, 6.45) is 3.44. The lowest BCUT2D eigenvalue weighted by Gasteiger charge is -2.05. The van der Waals surface area contributed by atoms with Crippen molar-refractivity contribution in [3.63, 3.8) is 0 Å². The Morgan fingerprint density at radius 3 is 2.36 bits per heavy atom. The number of halogens is 1. The second-order valence-electron chi connectivity index (χ2n) is 2.35. The summed E-state index contributed by atoms with van der Waals surface area (Å²) in [4.78, 5) is 7.88. The molecule has 60 valence electrons. The van der Waals surface area contributed by atoms with Gasteiger partial charge in [-0.05, 0) is 29.8 Å². The topological polar surface area (TPSA) is 35.0 Å². The van der Waals surface area contributed by atoms with Crippen LogP contribution in [-0.2, 0) is 0 Å². The summed E-state index contributed by atoms with van der Waals surface area (Å²) in [5.74, 6) is 0. The van der Waals surface area contributed by atoms with Crippen LogP contribution in [0.15, 0.2) is 16.9 Å². The van der Waals surface area contributed by atoms with Crippen molar-refractivity contribution in [3.8, 4) is 6.01 Å². The summed E-state index contributed by atoms with van der Waals surface area (Å²) < 4.78 is 6.08. The minimum atomic E-state index is 0.121. The predicted molar refractivity (Wildman–Crippen MR) is 45.5 cm³/mol. The van der Waals surface area contributed by atoms with Gasteiger partial charge in [0.25, 0.3) is 0 Å². The van der Waals surface area contributed by atoms with E-state index >= 15 is 0 Å². The maximum Gasteiger partial charge on any atom is 0.316 e. The Morgan fingerprint density at radius 2 is 1.91 bits per heavy atom. The van der Waals surface area contributed by atoms with E-state index in [9.17, 15) is 0 Å². The molecule has 1 rings (SSSR count). The van der Waals surface area contributed by atoms with Crippen molar-refractivity contribution in [2.24, 2.45) is 0 Å². The largest absolute Gasteiger partial charge is 0.461 e. The molecular weight excluding hydrogens is 208 g/mol. The smallest absolute Gasteiger partial charge is 0.316 e. The first-order valence-corrected chi connectivity index (χ1v) is 4.12. The molecule has 0 spiro atoms. The summed E-state index contributed by atoms with van der Waals surface area (Å²) in [5.41, 5.74) is 0. The SMILES string of the molecule is CC(C)Oc1ncc(Br)cn1. The monoisotopic (exact) mass is 216 g/mol. The molecule has 0 aromatic carbocycles. The maximum absolute atomic E-state index is 5.23. The zero-order chi connectivity index (χ0) is 8.27. The van der Waals surface area contributed by atoms with E-state index in [1.807, 2.05) is 13.8 Å². The Balaban J connectivity index is 2.66. The molecule has 0 saturated heterocycles. The van der Waals surface area contributed by atoms with Crippen LogP contribution in [0.4, 0.5) is 0 Å². The number of hydrogen-bond acceptors (Lipinski definition) is 3. The Bertz CT molecular complexity index is 222. The van der Waals surface area contributed by atoms with Gasteiger partial charge < -0.3 is 4.74 Å². The van der Waals surface area contributed by atoms with Crippen LogP contribution in [0.2, 0.25) is 0 Å². The number of hydrogen-bond donors (Lipinski definition) is 0. The summed E-state index contributed by atoms with van der Waals surface area (Å²) in [6.45, 7) is 3.87. The first-order chi connectivity index (χ1) is 5.18. The van der Waals surface area contributed by atoms with E-state index in [4.69, 9.17) is 4.74 Å². The van der Waals surface area contributed by atoms with Gasteiger partial charge in [0.15, 0.2) is 0 Å². The lowest BCUT2D eigenvalue weighted by Crippen LogP contribution is -2.07. The van der Waals surface area contributed by atoms with Crippen LogP contribution in [0.1, 0.15) is 13.8 Å². The van der Waals surface area contributed by atoms with Gasteiger partial charge in [0.1, 0.15) is 0 Å². The number of nitrogens with zero attached hydrogens (tertiary/aromatic N) is 2. The minimum absolute atomic E-state index is 0.121. The second kappa shape index (κ2) is 3.67. The van der Waals surface area contributed by atoms with Gasteiger partial charge in [0.05, 0.1) is 10.6 Å². The van der Waals surface area contributed by atoms with Gasteiger partial charge in [-0.3, -0.25) is 0 Å². The third kappa shape index (κ3) is 2.84. The average molecular weight is 217 g/mol. The van der Waals surface area contributed by atoms with E-state index in [0.29, 0.717) is 6.01 Å². The second-order valence-corrected chi connectivity index (χ2v) is 3.27. The highest BCUT2D eigenvalue weighted by Crippen LogP contribution is 2.08. The fourth-order valence-electron chi connectivity index (χ4n) is 0.572. The highest BCUT2D eigenvalue weighted by molar-refractivity contribution is 9.10. The van der Waals surface area contributed by atoms with E-state index in [1.54, 1.807) is 12.4 Å². The zero-order valence-corrected chi connectivity index (χ0v) is 8.00. The van der Waals surface area contributed by atoms with Crippen LogP contribution in [0.25, 0.3) is 0 Å². The van der Waals surface area contributed by atoms with Gasteiger partial charge in [-0.15, -0.1) is 0 Å². The van der Waals surface area contributed by atoms with Gasteiger partial charge in [0, 0.05) is 12.4 Å². The molecule has 4 heteroatoms. The van der Waals surface area contributed by atoms with Crippen molar-refractivity contribution in [1.82, 2.24) is 9.97 Å². The van der Waals surface area contributed by atoms with Crippen molar-refractivity contribution in [1.29, 1.82) is 0 Å². The molecule has 0 bridgehead atoms. The molecule has 0 aliphatic rings. The molecule has 0 N–H and O–H groups in total. The highest BCUT2D eigenvalue weighted by atomic mass is 79.9. The standard InChI is InChI=1S/C7H9BrN2O/c1-5(2)11-7-9-3-6(8)4-10-7/h3-5H,1-2H3. The predicted octanol–water partition coefficient (Wildman–Crippen LogP) is 2.03. The Labute approximate surface area is 73.9 Å². The summed E-state index contributed by atoms with van der Waals surface area (Å²) in [7, 11) is 0. The highest BCUT2D eigenvalue weighted by Gasteiger charge is 1.98. The van der Waals surface area contributed by atoms with Crippen LogP contribution in [0.3, 0.4) is 0 Å². The first-order valence-electron chi connectivity index (χ1n) is 3.32. The zero-order valence-electron chi connectivity index (χ0n) is 6.41. The quantitative estimate of drug-likeness (QED) is 0.760. The van der Waals surface area contributed by atoms with Gasteiger partial charge in [-0.2, -0.15) is 0 Å². The molecule has 1 aromatic heterocycles. The van der Waals surface area contributed by atoms with Crippen LogP contribution >= 0.6 is 15.9 Å². The van der Waals surface area contributed by atoms with E-state index in [1.165, 1.54) is 0 Å². The lowest BCUT2D eigenvalue weighted by atomic mass is 10.5. The molecule has 0 aliphatic carbocycles. The molecule has 0 unspecified atom stereocenters. The van der Waals surface area contributed by atoms with Gasteiger partial charge in [0.2, 0.25) is 0 Å². The van der Waals surface area contributed by atoms with Crippen molar-refractivity contribution in [3.05, 3.63) is 16.9 Å². The molecule has 0 aliphatic heterocycles. The van der Waals surface area contributed by atoms with E-state index < -0.39 is 0 Å². The summed E-state index contributed by atoms with van der Waals surface area (Å²) in [6, 6.07) is 0.420. The summed E-state index contributed by atoms with van der Waals surface area (Å²) in [5, 5.41) is 0. The molecule has 0 atom stereocenters. The van der Waals surface area contributed by atoms with Crippen molar-refractivity contribution in [2.45, 2.75) is 20.0 Å². The number of aromatic nitrogens is 2. The lowest BCUT2D eigenvalue weighted by molar-refractivity contribution is 0.222. The molecule has 0 fully saturated rings. The van der Waals surface area contributed by atoms with Crippen LogP contribution in [-0.4, -0.2) is 16.1 Å². The van der Waals surface area contributed by atoms with Crippen LogP contribution < -0.4 is 4.74 Å². The molecule has 0 radical (unpaired) electrons. The third-order valence-corrected chi connectivity index (χ3v) is 1.35. The van der Waals surface area contributed by atoms with E-state index in [-0.39, 0.29) is 6.10 Å². The van der Waals surface area contributed by atoms with Gasteiger partial charge >= 0.3 is 6.01 Å². The number of rotatable bonds is 2. The van der Waals surface area contributed by atoms with Crippen LogP contribution in [0, 0.1) is 0 Å². The molecule has 11 heavy (non-hydrogen) atoms. The van der Waals surface area contributed by atoms with E-state index in [0.717, 1.165) is 4.47 Å². The van der Waals surface area contributed by atoms with Crippen molar-refractivity contribution >= 4 is 15.9 Å². The minimum Gasteiger partial charge on any atom is -0.461 e. The Hall–Kier alpha value is -0.640. The fourth-order valence-corrected chi connectivity index (χ4v) is 0.777. The van der Waals surface area contributed by atoms with Gasteiger partial charge in [-0.1, -0.05) is 0 Å². The fraction of sp³-hybridized carbons (Fsp3) is 0.429. The average Bonchev–Trinajstić information content (AvgIpc) is 1.93. The Morgan fingerprint density at radius 1 is 1.36 bits per heavy atom. The Kier molecular flexibility index (Phi) is 2.82. The normalized spacial score (nSPS) is 10.2. The molecule has 3 nitrogen and oxygen atoms in total. The third-order valence-electron chi connectivity index (χ3n) is 0.938.